The van der Waals surface area contributed by atoms with Crippen molar-refractivity contribution in [1.82, 2.24) is 25.4 Å². The molecule has 2 atom stereocenters. The van der Waals surface area contributed by atoms with Gasteiger partial charge in [-0.05, 0) is 25.7 Å². The van der Waals surface area contributed by atoms with Crippen molar-refractivity contribution in [1.29, 1.82) is 0 Å². The summed E-state index contributed by atoms with van der Waals surface area (Å²) in [7, 11) is 1.81. The Labute approximate surface area is 162 Å². The van der Waals surface area contributed by atoms with Gasteiger partial charge in [-0.2, -0.15) is 5.10 Å². The van der Waals surface area contributed by atoms with Gasteiger partial charge in [0.2, 0.25) is 0 Å². The minimum atomic E-state index is 0. The van der Waals surface area contributed by atoms with Gasteiger partial charge in [-0.3, -0.25) is 4.99 Å². The Hall–Kier alpha value is -0.900. The maximum atomic E-state index is 5.78. The molecule has 8 heteroatoms. The molecule has 2 N–H and O–H groups in total. The lowest BCUT2D eigenvalue weighted by atomic mass is 10.0. The SMILES string of the molecule is CCOC(CCNC(=NC)NC1CCc2ncnn2C1)C(C)C.I. The van der Waals surface area contributed by atoms with Gasteiger partial charge in [-0.25, -0.2) is 9.67 Å². The number of ether oxygens (including phenoxy) is 1. The minimum Gasteiger partial charge on any atom is -0.378 e. The third-order valence-electron chi connectivity index (χ3n) is 4.22. The van der Waals surface area contributed by atoms with Crippen LogP contribution in [0.2, 0.25) is 0 Å². The Morgan fingerprint density at radius 3 is 2.96 bits per heavy atom. The number of aryl methyl sites for hydroxylation is 1. The zero-order valence-electron chi connectivity index (χ0n) is 15.2. The highest BCUT2D eigenvalue weighted by molar-refractivity contribution is 14.0. The summed E-state index contributed by atoms with van der Waals surface area (Å²) >= 11 is 0. The van der Waals surface area contributed by atoms with Crippen LogP contribution in [0.15, 0.2) is 11.3 Å². The highest BCUT2D eigenvalue weighted by atomic mass is 127. The molecule has 2 rings (SSSR count). The molecule has 0 aliphatic carbocycles. The molecule has 2 unspecified atom stereocenters. The Bertz CT molecular complexity index is 505. The molecule has 138 valence electrons. The summed E-state index contributed by atoms with van der Waals surface area (Å²) in [5.41, 5.74) is 0. The average Bonchev–Trinajstić information content (AvgIpc) is 3.00. The number of fused-ring (bicyclic) bond motifs is 1. The summed E-state index contributed by atoms with van der Waals surface area (Å²) in [6.45, 7) is 8.90. The number of rotatable bonds is 7. The quantitative estimate of drug-likeness (QED) is 0.377. The van der Waals surface area contributed by atoms with Crippen LogP contribution in [-0.2, 0) is 17.7 Å². The van der Waals surface area contributed by atoms with Gasteiger partial charge in [0, 0.05) is 32.7 Å². The fourth-order valence-corrected chi connectivity index (χ4v) is 2.90. The first-order valence-corrected chi connectivity index (χ1v) is 8.59. The number of nitrogens with one attached hydrogen (secondary N) is 2. The zero-order chi connectivity index (χ0) is 16.7. The molecular weight excluding hydrogens is 419 g/mol. The lowest BCUT2D eigenvalue weighted by Crippen LogP contribution is -2.47. The maximum absolute atomic E-state index is 5.78. The largest absolute Gasteiger partial charge is 0.378 e. The van der Waals surface area contributed by atoms with Gasteiger partial charge in [0.1, 0.15) is 12.2 Å². The van der Waals surface area contributed by atoms with E-state index in [1.165, 1.54) is 0 Å². The third-order valence-corrected chi connectivity index (χ3v) is 4.22. The lowest BCUT2D eigenvalue weighted by molar-refractivity contribution is 0.0258. The Kier molecular flexibility index (Phi) is 9.57. The smallest absolute Gasteiger partial charge is 0.191 e. The van der Waals surface area contributed by atoms with E-state index in [4.69, 9.17) is 4.74 Å². The maximum Gasteiger partial charge on any atom is 0.191 e. The highest BCUT2D eigenvalue weighted by Crippen LogP contribution is 2.12. The number of halogens is 1. The molecule has 1 aromatic rings. The topological polar surface area (TPSA) is 76.4 Å². The number of nitrogens with zero attached hydrogens (tertiary/aromatic N) is 4. The minimum absolute atomic E-state index is 0. The Balaban J connectivity index is 0.00000288. The van der Waals surface area contributed by atoms with E-state index >= 15 is 0 Å². The predicted octanol–water partition coefficient (Wildman–Crippen LogP) is 1.83. The zero-order valence-corrected chi connectivity index (χ0v) is 17.5. The second-order valence-corrected chi connectivity index (χ2v) is 6.26. The van der Waals surface area contributed by atoms with Crippen molar-refractivity contribution >= 4 is 29.9 Å². The number of hydrogen-bond donors (Lipinski definition) is 2. The van der Waals surface area contributed by atoms with Crippen molar-refractivity contribution in [2.75, 3.05) is 20.2 Å². The van der Waals surface area contributed by atoms with Gasteiger partial charge < -0.3 is 15.4 Å². The molecule has 2 heterocycles. The summed E-state index contributed by atoms with van der Waals surface area (Å²) < 4.78 is 7.75. The standard InChI is InChI=1S/C16H30N6O.HI/c1-5-23-14(12(2)3)8-9-18-16(17-4)21-13-6-7-15-19-11-20-22(15)10-13;/h11-14H,5-10H2,1-4H3,(H2,17,18,21);1H. The first-order chi connectivity index (χ1) is 11.1. The van der Waals surface area contributed by atoms with E-state index in [2.05, 4.69) is 39.6 Å². The average molecular weight is 450 g/mol. The van der Waals surface area contributed by atoms with Crippen molar-refractivity contribution in [2.24, 2.45) is 10.9 Å². The van der Waals surface area contributed by atoms with Crippen LogP contribution in [-0.4, -0.2) is 53.1 Å². The van der Waals surface area contributed by atoms with Crippen LogP contribution in [0.3, 0.4) is 0 Å². The fourth-order valence-electron chi connectivity index (χ4n) is 2.90. The molecule has 7 nitrogen and oxygen atoms in total. The van der Waals surface area contributed by atoms with Crippen molar-refractivity contribution < 1.29 is 4.74 Å². The van der Waals surface area contributed by atoms with E-state index in [-0.39, 0.29) is 30.1 Å². The number of guanidine groups is 1. The molecule has 0 spiro atoms. The first kappa shape index (κ1) is 21.1. The van der Waals surface area contributed by atoms with Gasteiger partial charge in [0.25, 0.3) is 0 Å². The van der Waals surface area contributed by atoms with E-state index in [1.807, 2.05) is 18.7 Å². The number of aliphatic imine (C=N–C) groups is 1. The monoisotopic (exact) mass is 450 g/mol. The molecule has 1 aromatic heterocycles. The van der Waals surface area contributed by atoms with E-state index in [0.29, 0.717) is 12.0 Å². The van der Waals surface area contributed by atoms with Crippen LogP contribution in [0.4, 0.5) is 0 Å². The summed E-state index contributed by atoms with van der Waals surface area (Å²) in [5.74, 6) is 2.44. The van der Waals surface area contributed by atoms with Crippen molar-refractivity contribution in [3.8, 4) is 0 Å². The van der Waals surface area contributed by atoms with Gasteiger partial charge >= 0.3 is 0 Å². The molecule has 0 radical (unpaired) electrons. The first-order valence-electron chi connectivity index (χ1n) is 8.59. The third kappa shape index (κ3) is 6.19. The van der Waals surface area contributed by atoms with E-state index in [0.717, 1.165) is 50.7 Å². The second kappa shape index (κ2) is 10.9. The van der Waals surface area contributed by atoms with Crippen LogP contribution in [0.1, 0.15) is 39.4 Å². The van der Waals surface area contributed by atoms with E-state index < -0.39 is 0 Å². The molecule has 0 bridgehead atoms. The summed E-state index contributed by atoms with van der Waals surface area (Å²) in [6.07, 6.45) is 4.90. The van der Waals surface area contributed by atoms with Crippen LogP contribution in [0.5, 0.6) is 0 Å². The number of hydrogen-bond acceptors (Lipinski definition) is 4. The van der Waals surface area contributed by atoms with Gasteiger partial charge in [-0.15, -0.1) is 24.0 Å². The van der Waals surface area contributed by atoms with Crippen LogP contribution in [0, 0.1) is 5.92 Å². The second-order valence-electron chi connectivity index (χ2n) is 6.26. The molecule has 0 saturated heterocycles. The summed E-state index contributed by atoms with van der Waals surface area (Å²) in [6, 6.07) is 0.336. The van der Waals surface area contributed by atoms with Gasteiger partial charge in [-0.1, -0.05) is 13.8 Å². The molecule has 24 heavy (non-hydrogen) atoms. The molecule has 0 amide bonds. The van der Waals surface area contributed by atoms with E-state index in [1.54, 1.807) is 6.33 Å². The van der Waals surface area contributed by atoms with E-state index in [9.17, 15) is 0 Å². The van der Waals surface area contributed by atoms with Crippen LogP contribution >= 0.6 is 24.0 Å². The van der Waals surface area contributed by atoms with Gasteiger partial charge in [0.15, 0.2) is 5.96 Å². The summed E-state index contributed by atoms with van der Waals surface area (Å²) in [5, 5.41) is 11.1. The van der Waals surface area contributed by atoms with Gasteiger partial charge in [0.05, 0.1) is 12.6 Å². The molecular formula is C16H31IN6O. The van der Waals surface area contributed by atoms with Crippen molar-refractivity contribution in [3.63, 3.8) is 0 Å². The Morgan fingerprint density at radius 1 is 1.50 bits per heavy atom. The number of aromatic nitrogens is 3. The normalized spacial score (nSPS) is 18.7. The molecule has 0 saturated carbocycles. The van der Waals surface area contributed by atoms with Crippen LogP contribution in [0.25, 0.3) is 0 Å². The molecule has 1 aliphatic heterocycles. The fraction of sp³-hybridized carbons (Fsp3) is 0.812. The van der Waals surface area contributed by atoms with Crippen molar-refractivity contribution in [2.45, 2.75) is 58.7 Å². The molecule has 1 aliphatic rings. The van der Waals surface area contributed by atoms with Crippen LogP contribution < -0.4 is 10.6 Å². The summed E-state index contributed by atoms with van der Waals surface area (Å²) in [4.78, 5) is 8.58. The molecule has 0 aromatic carbocycles. The predicted molar refractivity (Wildman–Crippen MR) is 107 cm³/mol. The Morgan fingerprint density at radius 2 is 2.29 bits per heavy atom. The highest BCUT2D eigenvalue weighted by Gasteiger charge is 2.20. The van der Waals surface area contributed by atoms with Crippen molar-refractivity contribution in [3.05, 3.63) is 12.2 Å². The lowest BCUT2D eigenvalue weighted by Gasteiger charge is -2.26. The molecule has 0 fully saturated rings.